The first-order chi connectivity index (χ1) is 12.7. The van der Waals surface area contributed by atoms with Gasteiger partial charge in [0.05, 0.1) is 13.0 Å². The van der Waals surface area contributed by atoms with Crippen molar-refractivity contribution in [2.45, 2.75) is 24.7 Å². The number of likely N-dealkylation sites (tertiary alicyclic amines) is 1. The Morgan fingerprint density at radius 2 is 1.81 bits per heavy atom. The Labute approximate surface area is 153 Å². The van der Waals surface area contributed by atoms with Crippen LogP contribution >= 0.6 is 0 Å². The molecule has 1 aromatic carbocycles. The second-order valence-corrected chi connectivity index (χ2v) is 7.37. The number of alkyl halides is 3. The number of carbonyl (C=O) groups excluding carboxylic acids is 2. The molecule has 0 N–H and O–H groups in total. The molecule has 1 aromatic rings. The minimum atomic E-state index is -4.62. The van der Waals surface area contributed by atoms with E-state index >= 15 is 0 Å². The lowest BCUT2D eigenvalue weighted by Gasteiger charge is -2.20. The molecule has 1 saturated heterocycles. The average Bonchev–Trinajstić information content (AvgIpc) is 3.24. The van der Waals surface area contributed by atoms with Crippen LogP contribution in [0.3, 0.4) is 0 Å². The van der Waals surface area contributed by atoms with Crippen LogP contribution in [-0.2, 0) is 15.2 Å². The molecule has 0 spiro atoms. The van der Waals surface area contributed by atoms with Crippen molar-refractivity contribution in [1.82, 2.24) is 4.90 Å². The van der Waals surface area contributed by atoms with Crippen LogP contribution in [0.5, 0.6) is 0 Å². The quantitative estimate of drug-likeness (QED) is 0.756. The number of ether oxygens (including phenoxy) is 1. The highest BCUT2D eigenvalue weighted by atomic mass is 19.4. The Bertz CT molecular complexity index is 804. The molecule has 1 saturated carbocycles. The van der Waals surface area contributed by atoms with Gasteiger partial charge in [0.2, 0.25) is 0 Å². The highest BCUT2D eigenvalue weighted by molar-refractivity contribution is 5.94. The Morgan fingerprint density at radius 1 is 1.19 bits per heavy atom. The van der Waals surface area contributed by atoms with E-state index in [0.717, 1.165) is 0 Å². The number of rotatable bonds is 3. The van der Waals surface area contributed by atoms with Crippen LogP contribution in [0.4, 0.5) is 13.2 Å². The fourth-order valence-electron chi connectivity index (χ4n) is 4.32. The van der Waals surface area contributed by atoms with Crippen molar-refractivity contribution in [2.75, 3.05) is 20.2 Å². The summed E-state index contributed by atoms with van der Waals surface area (Å²) in [5.41, 5.74) is -2.48. The van der Waals surface area contributed by atoms with Crippen molar-refractivity contribution in [2.24, 2.45) is 28.0 Å². The van der Waals surface area contributed by atoms with E-state index in [1.165, 1.54) is 31.4 Å². The van der Waals surface area contributed by atoms with Crippen LogP contribution in [0.1, 0.15) is 28.8 Å². The van der Waals surface area contributed by atoms with Gasteiger partial charge in [0.15, 0.2) is 0 Å². The van der Waals surface area contributed by atoms with Crippen LogP contribution in [-0.4, -0.2) is 43.2 Å². The number of methoxy groups -OCH3 is 1. The van der Waals surface area contributed by atoms with Crippen molar-refractivity contribution in [3.63, 3.8) is 0 Å². The van der Waals surface area contributed by atoms with Crippen molar-refractivity contribution in [3.8, 4) is 0 Å². The van der Waals surface area contributed by atoms with E-state index < -0.39 is 11.8 Å². The van der Waals surface area contributed by atoms with Crippen LogP contribution in [0.25, 0.3) is 0 Å². The molecule has 0 bridgehead atoms. The number of amides is 1. The standard InChI is InChI=1S/C18H18F3N3O3/c1-27-16(26)11-5-12-8-24(9-13(12)6-11)15(25)10-3-2-4-14(7-10)17(22-23-17)18(19,20)21/h2-4,7,11-13H,5-6,8-9H2,1H3/t11?,12-,13+. The summed E-state index contributed by atoms with van der Waals surface area (Å²) in [7, 11) is 1.37. The molecule has 27 heavy (non-hydrogen) atoms. The van der Waals surface area contributed by atoms with Crippen LogP contribution in [0.2, 0.25) is 0 Å². The molecule has 1 amide bonds. The largest absolute Gasteiger partial charge is 0.469 e. The molecule has 3 atom stereocenters. The van der Waals surface area contributed by atoms with Crippen molar-refractivity contribution in [1.29, 1.82) is 0 Å². The molecule has 2 fully saturated rings. The molecule has 6 nitrogen and oxygen atoms in total. The zero-order valence-corrected chi connectivity index (χ0v) is 14.6. The molecule has 144 valence electrons. The number of carbonyl (C=O) groups is 2. The number of halogens is 3. The predicted molar refractivity (Wildman–Crippen MR) is 86.7 cm³/mol. The van der Waals surface area contributed by atoms with Gasteiger partial charge in [-0.3, -0.25) is 9.59 Å². The third-order valence-electron chi connectivity index (χ3n) is 5.78. The monoisotopic (exact) mass is 381 g/mol. The van der Waals surface area contributed by atoms with Gasteiger partial charge in [0.25, 0.3) is 5.91 Å². The lowest BCUT2D eigenvalue weighted by atomic mass is 10.00. The first-order valence-corrected chi connectivity index (χ1v) is 8.73. The van der Waals surface area contributed by atoms with Crippen molar-refractivity contribution < 1.29 is 27.5 Å². The maximum Gasteiger partial charge on any atom is 0.442 e. The van der Waals surface area contributed by atoms with E-state index in [1.54, 1.807) is 4.90 Å². The fourth-order valence-corrected chi connectivity index (χ4v) is 4.32. The lowest BCUT2D eigenvalue weighted by Crippen LogP contribution is -2.32. The molecule has 9 heteroatoms. The van der Waals surface area contributed by atoms with E-state index in [9.17, 15) is 22.8 Å². The Hall–Kier alpha value is -2.45. The summed E-state index contributed by atoms with van der Waals surface area (Å²) >= 11 is 0. The highest BCUT2D eigenvalue weighted by Gasteiger charge is 2.65. The van der Waals surface area contributed by atoms with E-state index in [1.807, 2.05) is 0 Å². The summed E-state index contributed by atoms with van der Waals surface area (Å²) in [6.07, 6.45) is -3.27. The summed E-state index contributed by atoms with van der Waals surface area (Å²) in [5, 5.41) is 6.37. The SMILES string of the molecule is COC(=O)C1C[C@@H]2CN(C(=O)c3cccc(C4(C(F)(F)F)N=N4)c3)C[C@@H]2C1. The zero-order chi connectivity index (χ0) is 19.4. The van der Waals surface area contributed by atoms with Crippen LogP contribution in [0.15, 0.2) is 34.5 Å². The van der Waals surface area contributed by atoms with Crippen LogP contribution in [0, 0.1) is 17.8 Å². The van der Waals surface area contributed by atoms with Gasteiger partial charge in [-0.1, -0.05) is 12.1 Å². The minimum absolute atomic E-state index is 0.129. The van der Waals surface area contributed by atoms with Gasteiger partial charge >= 0.3 is 17.8 Å². The Kier molecular flexibility index (Phi) is 4.01. The normalized spacial score (nSPS) is 28.1. The maximum absolute atomic E-state index is 13.2. The molecular formula is C18H18F3N3O3. The second-order valence-electron chi connectivity index (χ2n) is 7.37. The Balaban J connectivity index is 1.47. The number of nitrogens with zero attached hydrogens (tertiary/aromatic N) is 3. The molecule has 1 unspecified atom stereocenters. The van der Waals surface area contributed by atoms with Gasteiger partial charge in [0.1, 0.15) is 0 Å². The van der Waals surface area contributed by atoms with Crippen molar-refractivity contribution in [3.05, 3.63) is 35.4 Å². The highest BCUT2D eigenvalue weighted by Crippen LogP contribution is 2.52. The molecule has 2 aliphatic heterocycles. The molecular weight excluding hydrogens is 363 g/mol. The molecule has 1 aliphatic carbocycles. The van der Waals surface area contributed by atoms with Gasteiger partial charge in [-0.05, 0) is 36.8 Å². The number of hydrogen-bond acceptors (Lipinski definition) is 5. The molecule has 2 heterocycles. The first-order valence-electron chi connectivity index (χ1n) is 8.73. The minimum Gasteiger partial charge on any atom is -0.469 e. The second kappa shape index (κ2) is 6.03. The summed E-state index contributed by atoms with van der Waals surface area (Å²) in [6, 6.07) is 5.43. The summed E-state index contributed by atoms with van der Waals surface area (Å²) in [6.45, 7) is 1.00. The van der Waals surface area contributed by atoms with E-state index in [-0.39, 0.29) is 40.8 Å². The fraction of sp³-hybridized carbons (Fsp3) is 0.556. The van der Waals surface area contributed by atoms with Crippen LogP contribution < -0.4 is 0 Å². The summed E-state index contributed by atoms with van der Waals surface area (Å²) in [4.78, 5) is 26.1. The van der Waals surface area contributed by atoms with Gasteiger partial charge in [-0.25, -0.2) is 0 Å². The van der Waals surface area contributed by atoms with Gasteiger partial charge in [0, 0.05) is 24.2 Å². The third kappa shape index (κ3) is 2.89. The lowest BCUT2D eigenvalue weighted by molar-refractivity contribution is -0.166. The smallest absolute Gasteiger partial charge is 0.442 e. The van der Waals surface area contributed by atoms with E-state index in [4.69, 9.17) is 4.74 Å². The van der Waals surface area contributed by atoms with Gasteiger partial charge in [-0.15, -0.1) is 10.2 Å². The number of esters is 1. The van der Waals surface area contributed by atoms with Crippen molar-refractivity contribution >= 4 is 11.9 Å². The topological polar surface area (TPSA) is 71.3 Å². The molecule has 0 aromatic heterocycles. The molecule has 4 rings (SSSR count). The predicted octanol–water partition coefficient (Wildman–Crippen LogP) is 3.14. The third-order valence-corrected chi connectivity index (χ3v) is 5.78. The Morgan fingerprint density at radius 3 is 2.33 bits per heavy atom. The number of fused-ring (bicyclic) bond motifs is 1. The average molecular weight is 381 g/mol. The number of benzene rings is 1. The van der Waals surface area contributed by atoms with Gasteiger partial charge in [-0.2, -0.15) is 13.2 Å². The first kappa shape index (κ1) is 17.9. The molecule has 0 radical (unpaired) electrons. The maximum atomic E-state index is 13.2. The van der Waals surface area contributed by atoms with Gasteiger partial charge < -0.3 is 9.64 Å². The molecule has 3 aliphatic rings. The van der Waals surface area contributed by atoms with E-state index in [0.29, 0.717) is 25.9 Å². The summed E-state index contributed by atoms with van der Waals surface area (Å²) in [5.74, 6) is -0.217. The summed E-state index contributed by atoms with van der Waals surface area (Å²) < 4.78 is 44.3. The zero-order valence-electron chi connectivity index (χ0n) is 14.6. The number of hydrogen-bond donors (Lipinski definition) is 0. The van der Waals surface area contributed by atoms with E-state index in [2.05, 4.69) is 10.2 Å².